The lowest BCUT2D eigenvalue weighted by Gasteiger charge is -2.22. The molecule has 0 saturated carbocycles. The molecule has 1 unspecified atom stereocenters. The highest BCUT2D eigenvalue weighted by Gasteiger charge is 2.14. The Bertz CT molecular complexity index is 532. The van der Waals surface area contributed by atoms with Crippen molar-refractivity contribution < 1.29 is 0 Å². The Morgan fingerprint density at radius 2 is 2.11 bits per heavy atom. The maximum absolute atomic E-state index is 4.63. The van der Waals surface area contributed by atoms with Crippen molar-refractivity contribution in [3.63, 3.8) is 0 Å². The van der Waals surface area contributed by atoms with Crippen LogP contribution in [0, 0.1) is 5.92 Å². The second kappa shape index (κ2) is 5.91. The van der Waals surface area contributed by atoms with Crippen LogP contribution >= 0.6 is 0 Å². The van der Waals surface area contributed by atoms with E-state index in [1.165, 1.54) is 0 Å². The molecule has 2 N–H and O–H groups in total. The predicted octanol–water partition coefficient (Wildman–Crippen LogP) is 3.01. The van der Waals surface area contributed by atoms with Gasteiger partial charge in [-0.3, -0.25) is 0 Å². The minimum absolute atomic E-state index is 0.407. The number of imidazole rings is 1. The molecule has 0 aromatic carbocycles. The van der Waals surface area contributed by atoms with Crippen LogP contribution in [-0.4, -0.2) is 27.0 Å². The van der Waals surface area contributed by atoms with E-state index in [0.29, 0.717) is 12.0 Å². The van der Waals surface area contributed by atoms with Gasteiger partial charge in [0.05, 0.1) is 6.20 Å². The number of rotatable bonds is 6. The number of hydrogen-bond donors (Lipinski definition) is 2. The highest BCUT2D eigenvalue weighted by Crippen LogP contribution is 2.20. The minimum Gasteiger partial charge on any atom is -0.369 e. The Morgan fingerprint density at radius 3 is 2.74 bits per heavy atom. The monoisotopic (exact) mass is 261 g/mol. The Hall–Kier alpha value is -1.78. The molecule has 1 atom stereocenters. The quantitative estimate of drug-likeness (QED) is 0.839. The Morgan fingerprint density at radius 1 is 1.32 bits per heavy atom. The SMILES string of the molecule is CCNc1cn2ccnc2c(NC(CC)C(C)C)n1. The second-order valence-corrected chi connectivity index (χ2v) is 5.07. The number of anilines is 2. The van der Waals surface area contributed by atoms with Crippen LogP contribution in [0.5, 0.6) is 0 Å². The van der Waals surface area contributed by atoms with Crippen LogP contribution in [-0.2, 0) is 0 Å². The predicted molar refractivity (Wildman–Crippen MR) is 79.7 cm³/mol. The van der Waals surface area contributed by atoms with Crippen LogP contribution in [0.1, 0.15) is 34.1 Å². The van der Waals surface area contributed by atoms with Gasteiger partial charge in [0, 0.05) is 25.0 Å². The molecule has 19 heavy (non-hydrogen) atoms. The van der Waals surface area contributed by atoms with Crippen LogP contribution in [0.4, 0.5) is 11.6 Å². The van der Waals surface area contributed by atoms with Crippen molar-refractivity contribution >= 4 is 17.3 Å². The van der Waals surface area contributed by atoms with Crippen LogP contribution in [0.3, 0.4) is 0 Å². The van der Waals surface area contributed by atoms with E-state index in [4.69, 9.17) is 0 Å². The van der Waals surface area contributed by atoms with E-state index in [9.17, 15) is 0 Å². The number of hydrogen-bond acceptors (Lipinski definition) is 4. The van der Waals surface area contributed by atoms with Crippen molar-refractivity contribution in [3.8, 4) is 0 Å². The average Bonchev–Trinajstić information content (AvgIpc) is 2.84. The lowest BCUT2D eigenvalue weighted by Crippen LogP contribution is -2.25. The first-order chi connectivity index (χ1) is 9.15. The summed E-state index contributed by atoms with van der Waals surface area (Å²) >= 11 is 0. The van der Waals surface area contributed by atoms with E-state index in [0.717, 1.165) is 30.2 Å². The molecule has 0 spiro atoms. The van der Waals surface area contributed by atoms with E-state index in [2.05, 4.69) is 48.3 Å². The summed E-state index contributed by atoms with van der Waals surface area (Å²) in [6.45, 7) is 9.55. The Kier molecular flexibility index (Phi) is 4.24. The van der Waals surface area contributed by atoms with Gasteiger partial charge in [-0.05, 0) is 19.3 Å². The summed E-state index contributed by atoms with van der Waals surface area (Å²) in [4.78, 5) is 9.00. The molecule has 2 aromatic rings. The first kappa shape index (κ1) is 13.6. The molecule has 104 valence electrons. The lowest BCUT2D eigenvalue weighted by molar-refractivity contribution is 0.510. The zero-order chi connectivity index (χ0) is 13.8. The van der Waals surface area contributed by atoms with Gasteiger partial charge in [0.2, 0.25) is 0 Å². The van der Waals surface area contributed by atoms with Crippen LogP contribution < -0.4 is 10.6 Å². The zero-order valence-electron chi connectivity index (χ0n) is 12.1. The van der Waals surface area contributed by atoms with Crippen molar-refractivity contribution in [3.05, 3.63) is 18.6 Å². The standard InChI is InChI=1S/C14H23N5/c1-5-11(10(3)4)17-13-14-16-7-8-19(14)9-12(18-13)15-6-2/h7-11,15H,5-6H2,1-4H3,(H,17,18). The number of fused-ring (bicyclic) bond motifs is 1. The molecule has 0 bridgehead atoms. The van der Waals surface area contributed by atoms with Gasteiger partial charge in [0.25, 0.3) is 0 Å². The maximum atomic E-state index is 4.63. The molecule has 2 aromatic heterocycles. The zero-order valence-corrected chi connectivity index (χ0v) is 12.1. The van der Waals surface area contributed by atoms with Gasteiger partial charge in [-0.25, -0.2) is 9.97 Å². The molecule has 5 heteroatoms. The topological polar surface area (TPSA) is 54.2 Å². The van der Waals surface area contributed by atoms with Crippen LogP contribution in [0.25, 0.3) is 5.65 Å². The highest BCUT2D eigenvalue weighted by molar-refractivity contribution is 5.65. The highest BCUT2D eigenvalue weighted by atomic mass is 15.2. The third-order valence-corrected chi connectivity index (χ3v) is 3.30. The summed E-state index contributed by atoms with van der Waals surface area (Å²) in [6.07, 6.45) is 6.78. The molecule has 2 heterocycles. The summed E-state index contributed by atoms with van der Waals surface area (Å²) < 4.78 is 2.00. The summed E-state index contributed by atoms with van der Waals surface area (Å²) in [5.74, 6) is 2.28. The van der Waals surface area contributed by atoms with Crippen molar-refractivity contribution in [2.24, 2.45) is 5.92 Å². The molecule has 5 nitrogen and oxygen atoms in total. The smallest absolute Gasteiger partial charge is 0.180 e. The average molecular weight is 261 g/mol. The molecule has 2 rings (SSSR count). The van der Waals surface area contributed by atoms with E-state index < -0.39 is 0 Å². The Labute approximate surface area is 114 Å². The number of nitrogens with one attached hydrogen (secondary N) is 2. The second-order valence-electron chi connectivity index (χ2n) is 5.07. The first-order valence-electron chi connectivity index (χ1n) is 6.99. The van der Waals surface area contributed by atoms with E-state index in [-0.39, 0.29) is 0 Å². The lowest BCUT2D eigenvalue weighted by atomic mass is 10.0. The van der Waals surface area contributed by atoms with Crippen LogP contribution in [0.2, 0.25) is 0 Å². The summed E-state index contributed by atoms with van der Waals surface area (Å²) in [7, 11) is 0. The maximum Gasteiger partial charge on any atom is 0.180 e. The van der Waals surface area contributed by atoms with Crippen LogP contribution in [0.15, 0.2) is 18.6 Å². The van der Waals surface area contributed by atoms with Gasteiger partial charge >= 0.3 is 0 Å². The Balaban J connectivity index is 2.36. The van der Waals surface area contributed by atoms with Gasteiger partial charge in [-0.15, -0.1) is 0 Å². The van der Waals surface area contributed by atoms with Gasteiger partial charge in [0.1, 0.15) is 5.82 Å². The molecule has 0 fully saturated rings. The molecule has 0 amide bonds. The summed E-state index contributed by atoms with van der Waals surface area (Å²) in [5.41, 5.74) is 0.876. The third kappa shape index (κ3) is 2.97. The van der Waals surface area contributed by atoms with Crippen molar-refractivity contribution in [1.29, 1.82) is 0 Å². The molecular weight excluding hydrogens is 238 g/mol. The van der Waals surface area contributed by atoms with Crippen molar-refractivity contribution in [2.45, 2.75) is 40.2 Å². The van der Waals surface area contributed by atoms with Gasteiger partial charge in [-0.1, -0.05) is 20.8 Å². The van der Waals surface area contributed by atoms with Crippen molar-refractivity contribution in [1.82, 2.24) is 14.4 Å². The van der Waals surface area contributed by atoms with Crippen molar-refractivity contribution in [2.75, 3.05) is 17.2 Å². The van der Waals surface area contributed by atoms with E-state index in [1.54, 1.807) is 6.20 Å². The number of aromatic nitrogens is 3. The number of nitrogens with zero attached hydrogens (tertiary/aromatic N) is 3. The molecule has 0 aliphatic rings. The summed E-state index contributed by atoms with van der Waals surface area (Å²) in [5, 5.41) is 6.77. The fourth-order valence-corrected chi connectivity index (χ4v) is 2.21. The fraction of sp³-hybridized carbons (Fsp3) is 0.571. The largest absolute Gasteiger partial charge is 0.369 e. The van der Waals surface area contributed by atoms with Gasteiger partial charge in [0.15, 0.2) is 11.5 Å². The fourth-order valence-electron chi connectivity index (χ4n) is 2.21. The van der Waals surface area contributed by atoms with E-state index >= 15 is 0 Å². The van der Waals surface area contributed by atoms with Gasteiger partial charge < -0.3 is 15.0 Å². The third-order valence-electron chi connectivity index (χ3n) is 3.30. The molecule has 0 saturated heterocycles. The minimum atomic E-state index is 0.407. The van der Waals surface area contributed by atoms with Gasteiger partial charge in [-0.2, -0.15) is 0 Å². The normalized spacial score (nSPS) is 12.9. The van der Waals surface area contributed by atoms with E-state index in [1.807, 2.05) is 16.8 Å². The molecule has 0 aliphatic heterocycles. The first-order valence-corrected chi connectivity index (χ1v) is 6.99. The summed E-state index contributed by atoms with van der Waals surface area (Å²) in [6, 6.07) is 0.407. The molecule has 0 aliphatic carbocycles. The molecular formula is C14H23N5. The molecule has 0 radical (unpaired) electrons.